The predicted octanol–water partition coefficient (Wildman–Crippen LogP) is 1.95. The summed E-state index contributed by atoms with van der Waals surface area (Å²) in [7, 11) is 0. The number of aryl methyl sites for hydroxylation is 1. The third-order valence-corrected chi connectivity index (χ3v) is 4.84. The second kappa shape index (κ2) is 10.1. The number of carbonyl (C=O) groups excluding carboxylic acids is 1. The zero-order valence-corrected chi connectivity index (χ0v) is 16.1. The second-order valence-electron chi connectivity index (χ2n) is 6.93. The monoisotopic (exact) mass is 384 g/mol. The maximum atomic E-state index is 12.3. The first-order chi connectivity index (χ1) is 12.2. The zero-order chi connectivity index (χ0) is 17.6. The van der Waals surface area contributed by atoms with Crippen LogP contribution in [-0.4, -0.2) is 44.5 Å². The number of halogens is 1. The van der Waals surface area contributed by atoms with E-state index in [1.807, 2.05) is 25.1 Å². The van der Waals surface area contributed by atoms with Gasteiger partial charge in [0.05, 0.1) is 19.3 Å². The molecule has 2 saturated heterocycles. The smallest absolute Gasteiger partial charge is 0.249 e. The molecule has 1 amide bonds. The molecule has 3 N–H and O–H groups in total. The van der Waals surface area contributed by atoms with Crippen molar-refractivity contribution >= 4 is 18.3 Å². The van der Waals surface area contributed by atoms with E-state index < -0.39 is 0 Å². The number of hydrogen-bond acceptors (Lipinski definition) is 5. The Balaban J connectivity index is 0.00000243. The number of benzene rings is 1. The van der Waals surface area contributed by atoms with Crippen LogP contribution in [0.1, 0.15) is 30.4 Å². The van der Waals surface area contributed by atoms with E-state index in [1.165, 1.54) is 0 Å². The Morgan fingerprint density at radius 1 is 1.35 bits per heavy atom. The summed E-state index contributed by atoms with van der Waals surface area (Å²) in [5, 5.41) is 2.96. The van der Waals surface area contributed by atoms with Gasteiger partial charge in [-0.05, 0) is 37.8 Å². The van der Waals surface area contributed by atoms with Crippen molar-refractivity contribution in [3.63, 3.8) is 0 Å². The summed E-state index contributed by atoms with van der Waals surface area (Å²) in [6.07, 6.45) is 2.23. The SMILES string of the molecule is Cc1ccc(CNC(=O)[C@@H]2CC[C@H](CN)O2)c(OCC2CCOC2)c1.Cl. The normalized spacial score (nSPS) is 24.9. The van der Waals surface area contributed by atoms with Crippen LogP contribution in [0.2, 0.25) is 0 Å². The molecule has 1 unspecified atom stereocenters. The number of nitrogens with two attached hydrogens (primary N) is 1. The minimum absolute atomic E-state index is 0. The summed E-state index contributed by atoms with van der Waals surface area (Å²) in [6.45, 7) is 5.16. The molecule has 0 saturated carbocycles. The van der Waals surface area contributed by atoms with Gasteiger partial charge in [-0.2, -0.15) is 0 Å². The third kappa shape index (κ3) is 5.58. The maximum absolute atomic E-state index is 12.3. The lowest BCUT2D eigenvalue weighted by molar-refractivity contribution is -0.132. The molecule has 6 nitrogen and oxygen atoms in total. The van der Waals surface area contributed by atoms with Gasteiger partial charge in [0.2, 0.25) is 5.91 Å². The van der Waals surface area contributed by atoms with Crippen molar-refractivity contribution in [2.75, 3.05) is 26.4 Å². The summed E-state index contributed by atoms with van der Waals surface area (Å²) in [6, 6.07) is 6.06. The highest BCUT2D eigenvalue weighted by molar-refractivity contribution is 5.85. The second-order valence-corrected chi connectivity index (χ2v) is 6.93. The molecule has 26 heavy (non-hydrogen) atoms. The fourth-order valence-corrected chi connectivity index (χ4v) is 3.23. The molecular formula is C19H29ClN2O4. The molecule has 3 rings (SSSR count). The van der Waals surface area contributed by atoms with Crippen LogP contribution in [0.5, 0.6) is 5.75 Å². The quantitative estimate of drug-likeness (QED) is 0.750. The summed E-state index contributed by atoms with van der Waals surface area (Å²) < 4.78 is 17.1. The fourth-order valence-electron chi connectivity index (χ4n) is 3.23. The van der Waals surface area contributed by atoms with Gasteiger partial charge in [0.1, 0.15) is 11.9 Å². The van der Waals surface area contributed by atoms with Crippen LogP contribution >= 0.6 is 12.4 Å². The average Bonchev–Trinajstić information content (AvgIpc) is 3.30. The zero-order valence-electron chi connectivity index (χ0n) is 15.2. The van der Waals surface area contributed by atoms with Crippen LogP contribution in [0.25, 0.3) is 0 Å². The number of hydrogen-bond donors (Lipinski definition) is 2. The van der Waals surface area contributed by atoms with Crippen molar-refractivity contribution in [3.8, 4) is 5.75 Å². The van der Waals surface area contributed by atoms with Gasteiger partial charge in [-0.15, -0.1) is 12.4 Å². The summed E-state index contributed by atoms with van der Waals surface area (Å²) in [5.41, 5.74) is 7.71. The van der Waals surface area contributed by atoms with Crippen LogP contribution in [-0.2, 0) is 20.8 Å². The highest BCUT2D eigenvalue weighted by atomic mass is 35.5. The van der Waals surface area contributed by atoms with Gasteiger partial charge in [-0.3, -0.25) is 4.79 Å². The highest BCUT2D eigenvalue weighted by Gasteiger charge is 2.29. The van der Waals surface area contributed by atoms with E-state index in [1.54, 1.807) is 0 Å². The number of rotatable bonds is 7. The van der Waals surface area contributed by atoms with Gasteiger partial charge in [0, 0.05) is 31.2 Å². The van der Waals surface area contributed by atoms with E-state index in [4.69, 9.17) is 19.9 Å². The summed E-state index contributed by atoms with van der Waals surface area (Å²) in [5.74, 6) is 1.20. The van der Waals surface area contributed by atoms with Gasteiger partial charge in [-0.1, -0.05) is 12.1 Å². The molecular weight excluding hydrogens is 356 g/mol. The van der Waals surface area contributed by atoms with Gasteiger partial charge in [0.25, 0.3) is 0 Å². The van der Waals surface area contributed by atoms with Gasteiger partial charge >= 0.3 is 0 Å². The Bertz CT molecular complexity index is 593. The van der Waals surface area contributed by atoms with E-state index in [9.17, 15) is 4.79 Å². The van der Waals surface area contributed by atoms with Crippen molar-refractivity contribution in [2.45, 2.75) is 44.9 Å². The van der Waals surface area contributed by atoms with Crippen molar-refractivity contribution in [3.05, 3.63) is 29.3 Å². The Kier molecular flexibility index (Phi) is 8.15. The van der Waals surface area contributed by atoms with Gasteiger partial charge in [-0.25, -0.2) is 0 Å². The Labute approximate surface area is 161 Å². The molecule has 2 aliphatic heterocycles. The van der Waals surface area contributed by atoms with Crippen molar-refractivity contribution in [2.24, 2.45) is 11.7 Å². The van der Waals surface area contributed by atoms with Crippen molar-refractivity contribution in [1.82, 2.24) is 5.32 Å². The predicted molar refractivity (Wildman–Crippen MR) is 102 cm³/mol. The molecule has 0 aliphatic carbocycles. The highest BCUT2D eigenvalue weighted by Crippen LogP contribution is 2.23. The Hall–Kier alpha value is -1.34. The lowest BCUT2D eigenvalue weighted by Crippen LogP contribution is -2.35. The maximum Gasteiger partial charge on any atom is 0.249 e. The minimum atomic E-state index is -0.390. The van der Waals surface area contributed by atoms with Crippen LogP contribution in [0, 0.1) is 12.8 Å². The minimum Gasteiger partial charge on any atom is -0.493 e. The van der Waals surface area contributed by atoms with Crippen LogP contribution in [0.4, 0.5) is 0 Å². The van der Waals surface area contributed by atoms with E-state index in [-0.39, 0.29) is 30.5 Å². The van der Waals surface area contributed by atoms with Crippen LogP contribution in [0.15, 0.2) is 18.2 Å². The third-order valence-electron chi connectivity index (χ3n) is 4.84. The topological polar surface area (TPSA) is 82.8 Å². The molecule has 2 aliphatic rings. The van der Waals surface area contributed by atoms with Crippen LogP contribution < -0.4 is 15.8 Å². The summed E-state index contributed by atoms with van der Waals surface area (Å²) >= 11 is 0. The molecule has 0 bridgehead atoms. The molecule has 0 radical (unpaired) electrons. The summed E-state index contributed by atoms with van der Waals surface area (Å²) in [4.78, 5) is 12.3. The van der Waals surface area contributed by atoms with E-state index >= 15 is 0 Å². The van der Waals surface area contributed by atoms with E-state index in [0.29, 0.717) is 25.6 Å². The molecule has 7 heteroatoms. The first kappa shape index (κ1) is 21.0. The first-order valence-electron chi connectivity index (χ1n) is 9.09. The number of nitrogens with one attached hydrogen (secondary N) is 1. The van der Waals surface area contributed by atoms with Gasteiger partial charge < -0.3 is 25.3 Å². The lowest BCUT2D eigenvalue weighted by Gasteiger charge is -2.17. The molecule has 0 spiro atoms. The molecule has 2 heterocycles. The standard InChI is InChI=1S/C19H28N2O4.ClH/c1-13-2-3-15(18(8-13)24-12-14-6-7-23-11-14)10-21-19(22)17-5-4-16(9-20)25-17;/h2-3,8,14,16-17H,4-7,9-12,20H2,1H3,(H,21,22);1H/t14?,16-,17+;/m1./s1. The molecule has 0 aromatic heterocycles. The Morgan fingerprint density at radius 2 is 2.19 bits per heavy atom. The first-order valence-corrected chi connectivity index (χ1v) is 9.09. The molecule has 2 fully saturated rings. The molecule has 146 valence electrons. The lowest BCUT2D eigenvalue weighted by atomic mass is 10.1. The number of carbonyl (C=O) groups is 1. The molecule has 1 aromatic carbocycles. The van der Waals surface area contributed by atoms with Crippen LogP contribution in [0.3, 0.4) is 0 Å². The van der Waals surface area contributed by atoms with Gasteiger partial charge in [0.15, 0.2) is 0 Å². The average molecular weight is 385 g/mol. The number of amides is 1. The molecule has 1 aromatic rings. The molecule has 3 atom stereocenters. The van der Waals surface area contributed by atoms with E-state index in [2.05, 4.69) is 5.32 Å². The largest absolute Gasteiger partial charge is 0.493 e. The van der Waals surface area contributed by atoms with Crippen molar-refractivity contribution < 1.29 is 19.0 Å². The fraction of sp³-hybridized carbons (Fsp3) is 0.632. The Morgan fingerprint density at radius 3 is 2.88 bits per heavy atom. The number of ether oxygens (including phenoxy) is 3. The van der Waals surface area contributed by atoms with Crippen molar-refractivity contribution in [1.29, 1.82) is 0 Å². The van der Waals surface area contributed by atoms with E-state index in [0.717, 1.165) is 49.4 Å².